The average Bonchev–Trinajstić information content (AvgIpc) is 3.33. The summed E-state index contributed by atoms with van der Waals surface area (Å²) in [4.78, 5) is 19.1. The molecule has 0 N–H and O–H groups in total. The predicted molar refractivity (Wildman–Crippen MR) is 98.0 cm³/mol. The molecule has 0 bridgehead atoms. The molecule has 2 aliphatic heterocycles. The number of benzene rings is 1. The van der Waals surface area contributed by atoms with Crippen molar-refractivity contribution in [3.05, 3.63) is 36.2 Å². The number of carbonyl (C=O) groups excluding carboxylic acids is 1. The Labute approximate surface area is 158 Å². The van der Waals surface area contributed by atoms with Crippen molar-refractivity contribution in [3.63, 3.8) is 0 Å². The first-order valence-corrected chi connectivity index (χ1v) is 9.54. The minimum Gasteiger partial charge on any atom is -0.381 e. The summed E-state index contributed by atoms with van der Waals surface area (Å²) < 4.78 is 16.6. The van der Waals surface area contributed by atoms with Crippen molar-refractivity contribution in [2.24, 2.45) is 5.41 Å². The van der Waals surface area contributed by atoms with E-state index in [0.29, 0.717) is 44.6 Å². The van der Waals surface area contributed by atoms with Crippen molar-refractivity contribution in [1.29, 1.82) is 0 Å². The van der Waals surface area contributed by atoms with Crippen LogP contribution in [0, 0.1) is 5.41 Å². The molecule has 2 fully saturated rings. The van der Waals surface area contributed by atoms with Crippen molar-refractivity contribution in [2.75, 3.05) is 39.5 Å². The van der Waals surface area contributed by atoms with Gasteiger partial charge in [0.2, 0.25) is 17.6 Å². The fourth-order valence-corrected chi connectivity index (χ4v) is 4.15. The average molecular weight is 371 g/mol. The van der Waals surface area contributed by atoms with Crippen LogP contribution in [0.3, 0.4) is 0 Å². The Balaban J connectivity index is 1.59. The van der Waals surface area contributed by atoms with Gasteiger partial charge in [0.15, 0.2) is 0 Å². The third-order valence-corrected chi connectivity index (χ3v) is 5.69. The van der Waals surface area contributed by atoms with E-state index in [0.717, 1.165) is 18.4 Å². The Morgan fingerprint density at radius 1 is 1.30 bits per heavy atom. The van der Waals surface area contributed by atoms with Gasteiger partial charge in [-0.1, -0.05) is 35.5 Å². The van der Waals surface area contributed by atoms with Crippen LogP contribution in [-0.2, 0) is 14.3 Å². The second-order valence-electron chi connectivity index (χ2n) is 7.26. The summed E-state index contributed by atoms with van der Waals surface area (Å²) in [5.74, 6) is 1.25. The van der Waals surface area contributed by atoms with Gasteiger partial charge >= 0.3 is 0 Å². The number of amides is 1. The number of likely N-dealkylation sites (tertiary alicyclic amines) is 1. The number of aromatic nitrogens is 2. The minimum atomic E-state index is -0.0688. The van der Waals surface area contributed by atoms with Crippen LogP contribution >= 0.6 is 0 Å². The Hall–Kier alpha value is -2.25. The molecule has 2 aromatic rings. The molecular weight excluding hydrogens is 346 g/mol. The van der Waals surface area contributed by atoms with Crippen LogP contribution < -0.4 is 0 Å². The van der Waals surface area contributed by atoms with Gasteiger partial charge in [-0.15, -0.1) is 0 Å². The first-order valence-electron chi connectivity index (χ1n) is 9.54. The molecule has 1 atom stereocenters. The van der Waals surface area contributed by atoms with Gasteiger partial charge in [0, 0.05) is 43.9 Å². The maximum Gasteiger partial charge on any atom is 0.248 e. The van der Waals surface area contributed by atoms with E-state index in [2.05, 4.69) is 10.1 Å². The third kappa shape index (κ3) is 3.61. The van der Waals surface area contributed by atoms with Gasteiger partial charge < -0.3 is 18.9 Å². The van der Waals surface area contributed by atoms with Crippen LogP contribution in [0.15, 0.2) is 34.9 Å². The highest BCUT2D eigenvalue weighted by Gasteiger charge is 2.51. The molecule has 3 heterocycles. The molecule has 0 radical (unpaired) electrons. The molecule has 0 aliphatic carbocycles. The Morgan fingerprint density at radius 2 is 2.07 bits per heavy atom. The molecule has 1 spiro atoms. The monoisotopic (exact) mass is 371 g/mol. The molecule has 1 aromatic heterocycles. The molecule has 2 saturated heterocycles. The maximum absolute atomic E-state index is 12.5. The van der Waals surface area contributed by atoms with E-state index in [-0.39, 0.29) is 23.8 Å². The highest BCUT2D eigenvalue weighted by molar-refractivity contribution is 5.78. The summed E-state index contributed by atoms with van der Waals surface area (Å²) >= 11 is 0. The molecule has 1 aromatic carbocycles. The molecule has 7 nitrogen and oxygen atoms in total. The molecule has 1 amide bonds. The van der Waals surface area contributed by atoms with Crippen molar-refractivity contribution < 1.29 is 18.8 Å². The number of carbonyl (C=O) groups is 1. The lowest BCUT2D eigenvalue weighted by Crippen LogP contribution is -2.38. The molecule has 144 valence electrons. The zero-order valence-electron chi connectivity index (χ0n) is 15.6. The fraction of sp³-hybridized carbons (Fsp3) is 0.550. The SMILES string of the molecule is CCOCC(=O)N1C[C@H](c2nc(-c3ccccc3)no2)C2(CCOCC2)C1. The molecule has 0 unspecified atom stereocenters. The second kappa shape index (κ2) is 7.78. The van der Waals surface area contributed by atoms with Crippen LogP contribution in [0.25, 0.3) is 11.4 Å². The van der Waals surface area contributed by atoms with Crippen molar-refractivity contribution in [1.82, 2.24) is 15.0 Å². The summed E-state index contributed by atoms with van der Waals surface area (Å²) in [6.07, 6.45) is 1.78. The number of hydrogen-bond donors (Lipinski definition) is 0. The van der Waals surface area contributed by atoms with Crippen LogP contribution in [-0.4, -0.2) is 60.5 Å². The lowest BCUT2D eigenvalue weighted by Gasteiger charge is -2.36. The van der Waals surface area contributed by atoms with Gasteiger partial charge in [0.1, 0.15) is 6.61 Å². The van der Waals surface area contributed by atoms with Gasteiger partial charge in [0.25, 0.3) is 0 Å². The molecule has 2 aliphatic rings. The van der Waals surface area contributed by atoms with Gasteiger partial charge in [-0.05, 0) is 19.8 Å². The topological polar surface area (TPSA) is 77.7 Å². The van der Waals surface area contributed by atoms with Gasteiger partial charge in [-0.25, -0.2) is 0 Å². The van der Waals surface area contributed by atoms with E-state index >= 15 is 0 Å². The highest BCUT2D eigenvalue weighted by Crippen LogP contribution is 2.49. The first-order chi connectivity index (χ1) is 13.2. The Morgan fingerprint density at radius 3 is 2.81 bits per heavy atom. The lowest BCUT2D eigenvalue weighted by molar-refractivity contribution is -0.135. The summed E-state index contributed by atoms with van der Waals surface area (Å²) in [5.41, 5.74) is 0.858. The zero-order chi connectivity index (χ0) is 18.7. The number of ether oxygens (including phenoxy) is 2. The van der Waals surface area contributed by atoms with Gasteiger partial charge in [0.05, 0.1) is 5.92 Å². The molecule has 0 saturated carbocycles. The Bertz CT molecular complexity index is 771. The number of rotatable bonds is 5. The number of hydrogen-bond acceptors (Lipinski definition) is 6. The highest BCUT2D eigenvalue weighted by atomic mass is 16.5. The van der Waals surface area contributed by atoms with Crippen LogP contribution in [0.1, 0.15) is 31.6 Å². The van der Waals surface area contributed by atoms with Crippen molar-refractivity contribution in [3.8, 4) is 11.4 Å². The van der Waals surface area contributed by atoms with Gasteiger partial charge in [-0.3, -0.25) is 4.79 Å². The van der Waals surface area contributed by atoms with E-state index in [4.69, 9.17) is 14.0 Å². The van der Waals surface area contributed by atoms with E-state index in [9.17, 15) is 4.79 Å². The largest absolute Gasteiger partial charge is 0.381 e. The smallest absolute Gasteiger partial charge is 0.248 e. The zero-order valence-corrected chi connectivity index (χ0v) is 15.6. The standard InChI is InChI=1S/C20H25N3O4/c1-2-25-13-17(24)23-12-16(20(14-23)8-10-26-11-9-20)19-21-18(22-27-19)15-6-4-3-5-7-15/h3-7,16H,2,8-14H2,1H3/t16-/m1/s1. The summed E-state index contributed by atoms with van der Waals surface area (Å²) in [6.45, 7) is 5.22. The maximum atomic E-state index is 12.5. The van der Waals surface area contributed by atoms with Crippen LogP contribution in [0.4, 0.5) is 0 Å². The molecule has 7 heteroatoms. The summed E-state index contributed by atoms with van der Waals surface area (Å²) in [6, 6.07) is 9.79. The van der Waals surface area contributed by atoms with Gasteiger partial charge in [-0.2, -0.15) is 4.98 Å². The van der Waals surface area contributed by atoms with E-state index in [1.807, 2.05) is 42.2 Å². The minimum absolute atomic E-state index is 0.0213. The molecular formula is C20H25N3O4. The molecule has 27 heavy (non-hydrogen) atoms. The fourth-order valence-electron chi connectivity index (χ4n) is 4.15. The summed E-state index contributed by atoms with van der Waals surface area (Å²) in [5, 5.41) is 4.18. The van der Waals surface area contributed by atoms with E-state index < -0.39 is 0 Å². The molecule has 4 rings (SSSR count). The predicted octanol–water partition coefficient (Wildman–Crippen LogP) is 2.50. The quantitative estimate of drug-likeness (QED) is 0.804. The van der Waals surface area contributed by atoms with Crippen LogP contribution in [0.5, 0.6) is 0 Å². The second-order valence-corrected chi connectivity index (χ2v) is 7.26. The van der Waals surface area contributed by atoms with Crippen LogP contribution in [0.2, 0.25) is 0 Å². The lowest BCUT2D eigenvalue weighted by atomic mass is 9.72. The third-order valence-electron chi connectivity index (χ3n) is 5.69. The normalized spacial score (nSPS) is 21.7. The summed E-state index contributed by atoms with van der Waals surface area (Å²) in [7, 11) is 0. The first kappa shape index (κ1) is 18.1. The van der Waals surface area contributed by atoms with Crippen molar-refractivity contribution >= 4 is 5.91 Å². The van der Waals surface area contributed by atoms with E-state index in [1.54, 1.807) is 0 Å². The number of nitrogens with zero attached hydrogens (tertiary/aromatic N) is 3. The Kier molecular flexibility index (Phi) is 5.22. The van der Waals surface area contributed by atoms with Crippen molar-refractivity contribution in [2.45, 2.75) is 25.7 Å². The van der Waals surface area contributed by atoms with E-state index in [1.165, 1.54) is 0 Å².